The molecule has 0 aromatic heterocycles. The summed E-state index contributed by atoms with van der Waals surface area (Å²) < 4.78 is 34.6. The molecule has 0 bridgehead atoms. The van der Waals surface area contributed by atoms with Crippen molar-refractivity contribution in [2.24, 2.45) is 0 Å². The summed E-state index contributed by atoms with van der Waals surface area (Å²) in [6.07, 6.45) is -2.85. The van der Waals surface area contributed by atoms with Crippen LogP contribution in [-0.2, 0) is 4.74 Å². The molecule has 0 atom stereocenters. The molecule has 0 saturated carbocycles. The molecular weight excluding hydrogens is 232 g/mol. The third-order valence-electron chi connectivity index (χ3n) is 2.16. The van der Waals surface area contributed by atoms with E-state index in [2.05, 4.69) is 4.74 Å². The molecule has 1 aromatic carbocycles. The van der Waals surface area contributed by atoms with Crippen molar-refractivity contribution in [2.45, 2.75) is 6.43 Å². The van der Waals surface area contributed by atoms with Crippen LogP contribution in [0.15, 0.2) is 12.1 Å². The van der Waals surface area contributed by atoms with Gasteiger partial charge in [-0.2, -0.15) is 5.26 Å². The number of rotatable bonds is 3. The first kappa shape index (κ1) is 12.9. The molecule has 0 spiro atoms. The molecule has 1 aromatic rings. The number of benzene rings is 1. The van der Waals surface area contributed by atoms with Crippen LogP contribution in [-0.4, -0.2) is 20.2 Å². The number of esters is 1. The summed E-state index contributed by atoms with van der Waals surface area (Å²) in [5.41, 5.74) is -1.23. The van der Waals surface area contributed by atoms with Crippen LogP contribution < -0.4 is 4.74 Å². The molecule has 0 unspecified atom stereocenters. The van der Waals surface area contributed by atoms with Gasteiger partial charge in [-0.3, -0.25) is 0 Å². The highest BCUT2D eigenvalue weighted by atomic mass is 19.3. The summed E-state index contributed by atoms with van der Waals surface area (Å²) in [5.74, 6) is -0.862. The number of carbonyl (C=O) groups is 1. The SMILES string of the molecule is COC(=O)c1c(OC)ccc(C(F)F)c1C#N. The second-order valence-electron chi connectivity index (χ2n) is 3.01. The van der Waals surface area contributed by atoms with Gasteiger partial charge in [0.1, 0.15) is 17.4 Å². The predicted molar refractivity (Wildman–Crippen MR) is 54.0 cm³/mol. The Morgan fingerprint density at radius 2 is 2.06 bits per heavy atom. The van der Waals surface area contributed by atoms with Gasteiger partial charge >= 0.3 is 5.97 Å². The van der Waals surface area contributed by atoms with E-state index in [1.54, 1.807) is 6.07 Å². The van der Waals surface area contributed by atoms with E-state index < -0.39 is 23.5 Å². The van der Waals surface area contributed by atoms with E-state index in [1.807, 2.05) is 0 Å². The van der Waals surface area contributed by atoms with E-state index in [0.29, 0.717) is 0 Å². The number of hydrogen-bond acceptors (Lipinski definition) is 4. The first-order valence-electron chi connectivity index (χ1n) is 4.54. The van der Waals surface area contributed by atoms with Gasteiger partial charge in [-0.1, -0.05) is 0 Å². The molecule has 0 heterocycles. The maximum atomic E-state index is 12.7. The molecule has 90 valence electrons. The van der Waals surface area contributed by atoms with Crippen molar-refractivity contribution >= 4 is 5.97 Å². The molecule has 0 saturated heterocycles. The van der Waals surface area contributed by atoms with Crippen LogP contribution in [0.3, 0.4) is 0 Å². The highest BCUT2D eigenvalue weighted by Gasteiger charge is 2.24. The smallest absolute Gasteiger partial charge is 0.343 e. The molecule has 1 rings (SSSR count). The van der Waals surface area contributed by atoms with E-state index in [0.717, 1.165) is 13.2 Å². The Morgan fingerprint density at radius 1 is 1.41 bits per heavy atom. The average Bonchev–Trinajstić information content (AvgIpc) is 2.35. The second-order valence-corrected chi connectivity index (χ2v) is 3.01. The number of halogens is 2. The topological polar surface area (TPSA) is 59.3 Å². The van der Waals surface area contributed by atoms with Gasteiger partial charge < -0.3 is 9.47 Å². The van der Waals surface area contributed by atoms with Gasteiger partial charge in [0.25, 0.3) is 6.43 Å². The minimum Gasteiger partial charge on any atom is -0.496 e. The zero-order valence-electron chi connectivity index (χ0n) is 9.16. The fraction of sp³-hybridized carbons (Fsp3) is 0.273. The largest absolute Gasteiger partial charge is 0.496 e. The lowest BCUT2D eigenvalue weighted by atomic mass is 10.0. The van der Waals surface area contributed by atoms with Crippen LogP contribution in [0.4, 0.5) is 8.78 Å². The lowest BCUT2D eigenvalue weighted by Gasteiger charge is -2.11. The van der Waals surface area contributed by atoms with Gasteiger partial charge in [0.05, 0.1) is 19.8 Å². The van der Waals surface area contributed by atoms with Crippen molar-refractivity contribution in [3.63, 3.8) is 0 Å². The minimum atomic E-state index is -2.85. The first-order valence-corrected chi connectivity index (χ1v) is 4.54. The molecule has 0 radical (unpaired) electrons. The van der Waals surface area contributed by atoms with Gasteiger partial charge in [0, 0.05) is 5.56 Å². The van der Waals surface area contributed by atoms with Crippen molar-refractivity contribution in [3.05, 3.63) is 28.8 Å². The summed E-state index contributed by atoms with van der Waals surface area (Å²) in [5, 5.41) is 8.87. The van der Waals surface area contributed by atoms with Gasteiger partial charge in [0.15, 0.2) is 0 Å². The first-order chi connectivity index (χ1) is 8.06. The van der Waals surface area contributed by atoms with E-state index in [9.17, 15) is 13.6 Å². The van der Waals surface area contributed by atoms with Crippen LogP contribution in [0.2, 0.25) is 0 Å². The molecule has 0 N–H and O–H groups in total. The van der Waals surface area contributed by atoms with Crippen LogP contribution in [0.25, 0.3) is 0 Å². The number of ether oxygens (including phenoxy) is 2. The van der Waals surface area contributed by atoms with Gasteiger partial charge in [-0.05, 0) is 12.1 Å². The zero-order valence-corrected chi connectivity index (χ0v) is 9.16. The third kappa shape index (κ3) is 2.33. The summed E-state index contributed by atoms with van der Waals surface area (Å²) in [6, 6.07) is 3.83. The number of alkyl halides is 2. The van der Waals surface area contributed by atoms with Crippen molar-refractivity contribution in [1.29, 1.82) is 5.26 Å². The molecule has 6 heteroatoms. The van der Waals surface area contributed by atoms with Crippen LogP contribution >= 0.6 is 0 Å². The van der Waals surface area contributed by atoms with E-state index in [1.165, 1.54) is 13.2 Å². The van der Waals surface area contributed by atoms with E-state index in [-0.39, 0.29) is 11.3 Å². The molecule has 0 amide bonds. The average molecular weight is 241 g/mol. The number of nitriles is 1. The summed E-state index contributed by atoms with van der Waals surface area (Å²) >= 11 is 0. The van der Waals surface area contributed by atoms with E-state index >= 15 is 0 Å². The Balaban J connectivity index is 3.56. The lowest BCUT2D eigenvalue weighted by molar-refractivity contribution is 0.0596. The number of hydrogen-bond donors (Lipinski definition) is 0. The quantitative estimate of drug-likeness (QED) is 0.762. The molecule has 4 nitrogen and oxygen atoms in total. The summed E-state index contributed by atoms with van der Waals surface area (Å²) in [4.78, 5) is 11.4. The highest BCUT2D eigenvalue weighted by molar-refractivity contribution is 5.95. The highest BCUT2D eigenvalue weighted by Crippen LogP contribution is 2.31. The maximum Gasteiger partial charge on any atom is 0.343 e. The Kier molecular flexibility index (Phi) is 3.99. The van der Waals surface area contributed by atoms with Gasteiger partial charge in [0.2, 0.25) is 0 Å². The Labute approximate surface area is 96.4 Å². The maximum absolute atomic E-state index is 12.7. The van der Waals surface area contributed by atoms with Crippen molar-refractivity contribution in [3.8, 4) is 11.8 Å². The molecule has 0 fully saturated rings. The predicted octanol–water partition coefficient (Wildman–Crippen LogP) is 2.29. The third-order valence-corrected chi connectivity index (χ3v) is 2.16. The van der Waals surface area contributed by atoms with Gasteiger partial charge in [-0.25, -0.2) is 13.6 Å². The fourth-order valence-electron chi connectivity index (χ4n) is 1.38. The fourth-order valence-corrected chi connectivity index (χ4v) is 1.38. The Bertz CT molecular complexity index is 480. The van der Waals surface area contributed by atoms with Crippen molar-refractivity contribution in [1.82, 2.24) is 0 Å². The molecule has 0 aliphatic heterocycles. The second kappa shape index (κ2) is 5.25. The molecular formula is C11H9F2NO3. The van der Waals surface area contributed by atoms with Crippen molar-refractivity contribution in [2.75, 3.05) is 14.2 Å². The number of methoxy groups -OCH3 is 2. The number of nitrogens with zero attached hydrogens (tertiary/aromatic N) is 1. The monoisotopic (exact) mass is 241 g/mol. The molecule has 0 aliphatic carbocycles. The van der Waals surface area contributed by atoms with Crippen LogP contribution in [0.5, 0.6) is 5.75 Å². The van der Waals surface area contributed by atoms with Gasteiger partial charge in [-0.15, -0.1) is 0 Å². The van der Waals surface area contributed by atoms with Crippen LogP contribution in [0.1, 0.15) is 27.9 Å². The summed E-state index contributed by atoms with van der Waals surface area (Å²) in [7, 11) is 2.36. The van der Waals surface area contributed by atoms with Crippen molar-refractivity contribution < 1.29 is 23.0 Å². The molecule has 17 heavy (non-hydrogen) atoms. The number of carbonyl (C=O) groups excluding carboxylic acids is 1. The zero-order chi connectivity index (χ0) is 13.0. The summed E-state index contributed by atoms with van der Waals surface area (Å²) in [6.45, 7) is 0. The van der Waals surface area contributed by atoms with E-state index in [4.69, 9.17) is 10.00 Å². The lowest BCUT2D eigenvalue weighted by Crippen LogP contribution is -2.09. The standard InChI is InChI=1S/C11H9F2NO3/c1-16-8-4-3-6(10(12)13)7(5-14)9(8)11(15)17-2/h3-4,10H,1-2H3. The minimum absolute atomic E-state index is 0.0257. The Hall–Kier alpha value is -2.16. The van der Waals surface area contributed by atoms with Crippen LogP contribution in [0, 0.1) is 11.3 Å². The Morgan fingerprint density at radius 3 is 2.47 bits per heavy atom. The normalized spacial score (nSPS) is 9.88. The molecule has 0 aliphatic rings.